The zero-order chi connectivity index (χ0) is 24.4. The van der Waals surface area contributed by atoms with Crippen LogP contribution in [0.25, 0.3) is 0 Å². The zero-order valence-corrected chi connectivity index (χ0v) is 20.0. The summed E-state index contributed by atoms with van der Waals surface area (Å²) in [7, 11) is 0. The number of anilines is 2. The van der Waals surface area contributed by atoms with Crippen LogP contribution in [0, 0.1) is 0 Å². The minimum atomic E-state index is -0.706. The van der Waals surface area contributed by atoms with Crippen LogP contribution in [0.1, 0.15) is 22.8 Å². The summed E-state index contributed by atoms with van der Waals surface area (Å²) in [4.78, 5) is 38.9. The fraction of sp³-hybridized carbons (Fsp3) is 0.0800. The highest BCUT2D eigenvalue weighted by atomic mass is 35.5. The molecule has 0 spiro atoms. The first-order valence-corrected chi connectivity index (χ1v) is 11.3. The molecule has 3 aromatic rings. The maximum Gasteiger partial charge on any atom is 0.343 e. The zero-order valence-electron chi connectivity index (χ0n) is 17.8. The van der Waals surface area contributed by atoms with E-state index < -0.39 is 17.8 Å². The van der Waals surface area contributed by atoms with Crippen LogP contribution in [0.4, 0.5) is 11.4 Å². The van der Waals surface area contributed by atoms with E-state index in [9.17, 15) is 14.4 Å². The summed E-state index contributed by atoms with van der Waals surface area (Å²) in [6, 6.07) is 17.9. The van der Waals surface area contributed by atoms with Gasteiger partial charge >= 0.3 is 5.97 Å². The molecule has 0 aromatic heterocycles. The number of nitrogens with one attached hydrogen (secondary N) is 1. The van der Waals surface area contributed by atoms with Crippen LogP contribution in [-0.2, 0) is 16.0 Å². The average molecular weight is 516 g/mol. The summed E-state index contributed by atoms with van der Waals surface area (Å²) >= 11 is 18.2. The molecular weight excluding hydrogens is 499 g/mol. The summed E-state index contributed by atoms with van der Waals surface area (Å²) in [6.07, 6.45) is 0.827. The highest BCUT2D eigenvalue weighted by molar-refractivity contribution is 6.53. The summed E-state index contributed by atoms with van der Waals surface area (Å²) in [5.41, 5.74) is 1.92. The number of carbonyl (C=O) groups is 3. The van der Waals surface area contributed by atoms with E-state index in [1.54, 1.807) is 30.3 Å². The third-order valence-electron chi connectivity index (χ3n) is 5.04. The van der Waals surface area contributed by atoms with Crippen LogP contribution in [0.15, 0.2) is 77.5 Å². The molecular formula is C25H17Cl3N2O4. The Morgan fingerprint density at radius 3 is 2.24 bits per heavy atom. The molecule has 0 fully saturated rings. The number of esters is 1. The van der Waals surface area contributed by atoms with E-state index in [1.807, 2.05) is 25.1 Å². The van der Waals surface area contributed by atoms with Crippen molar-refractivity contribution in [3.8, 4) is 5.75 Å². The largest absolute Gasteiger partial charge is 0.423 e. The fourth-order valence-corrected chi connectivity index (χ4v) is 4.07. The van der Waals surface area contributed by atoms with E-state index in [4.69, 9.17) is 39.5 Å². The lowest BCUT2D eigenvalue weighted by molar-refractivity contribution is -0.120. The predicted octanol–water partition coefficient (Wildman–Crippen LogP) is 6.21. The first-order chi connectivity index (χ1) is 16.3. The lowest BCUT2D eigenvalue weighted by atomic mass is 10.1. The first-order valence-electron chi connectivity index (χ1n) is 10.2. The number of ether oxygens (including phenoxy) is 1. The van der Waals surface area contributed by atoms with Gasteiger partial charge in [0.05, 0.1) is 11.3 Å². The third kappa shape index (κ3) is 4.94. The lowest BCUT2D eigenvalue weighted by Crippen LogP contribution is -2.32. The monoisotopic (exact) mass is 514 g/mol. The quantitative estimate of drug-likeness (QED) is 0.240. The number of nitrogens with zero attached hydrogens (tertiary/aromatic N) is 1. The number of carbonyl (C=O) groups excluding carboxylic acids is 3. The Hall–Kier alpha value is -3.32. The van der Waals surface area contributed by atoms with Crippen LogP contribution in [-0.4, -0.2) is 17.8 Å². The minimum Gasteiger partial charge on any atom is -0.423 e. The number of hydrogen-bond acceptors (Lipinski definition) is 5. The Morgan fingerprint density at radius 2 is 1.59 bits per heavy atom. The fourth-order valence-electron chi connectivity index (χ4n) is 3.34. The van der Waals surface area contributed by atoms with Gasteiger partial charge < -0.3 is 10.1 Å². The van der Waals surface area contributed by atoms with Crippen molar-refractivity contribution in [2.75, 3.05) is 10.2 Å². The molecule has 0 saturated carbocycles. The number of rotatable bonds is 6. The number of benzene rings is 3. The number of aryl methyl sites for hydroxylation is 1. The van der Waals surface area contributed by atoms with E-state index >= 15 is 0 Å². The molecule has 0 aliphatic carbocycles. The van der Waals surface area contributed by atoms with Gasteiger partial charge in [0, 0.05) is 15.7 Å². The molecule has 2 amide bonds. The normalized spacial score (nSPS) is 13.5. The van der Waals surface area contributed by atoms with E-state index in [0.29, 0.717) is 17.0 Å². The van der Waals surface area contributed by atoms with Gasteiger partial charge in [0.2, 0.25) is 0 Å². The van der Waals surface area contributed by atoms with Gasteiger partial charge in [-0.05, 0) is 66.6 Å². The molecule has 3 aromatic carbocycles. The lowest BCUT2D eigenvalue weighted by Gasteiger charge is -2.16. The van der Waals surface area contributed by atoms with E-state index in [0.717, 1.165) is 16.9 Å². The molecule has 34 heavy (non-hydrogen) atoms. The predicted molar refractivity (Wildman–Crippen MR) is 133 cm³/mol. The van der Waals surface area contributed by atoms with Crippen molar-refractivity contribution in [1.82, 2.24) is 0 Å². The van der Waals surface area contributed by atoms with Crippen molar-refractivity contribution in [1.29, 1.82) is 0 Å². The molecule has 0 saturated heterocycles. The standard InChI is InChI=1S/C25H17Cl3N2O4/c1-2-14-4-3-5-20(10-14)34-25(33)15-6-8-18(9-7-15)29-22-21(28)23(31)30(24(22)32)19-12-16(26)11-17(27)13-19/h3-13,29H,2H2,1H3. The van der Waals surface area contributed by atoms with Gasteiger partial charge in [0.15, 0.2) is 0 Å². The molecule has 1 aliphatic rings. The van der Waals surface area contributed by atoms with Gasteiger partial charge in [0.1, 0.15) is 16.5 Å². The topological polar surface area (TPSA) is 75.7 Å². The molecule has 1 N–H and O–H groups in total. The Morgan fingerprint density at radius 1 is 0.912 bits per heavy atom. The molecule has 0 unspecified atom stereocenters. The average Bonchev–Trinajstić information content (AvgIpc) is 3.02. The second-order valence-corrected chi connectivity index (χ2v) is 8.61. The number of halogens is 3. The van der Waals surface area contributed by atoms with Crippen molar-refractivity contribution >= 4 is 64.0 Å². The van der Waals surface area contributed by atoms with Crippen LogP contribution in [0.5, 0.6) is 5.75 Å². The maximum absolute atomic E-state index is 12.9. The third-order valence-corrected chi connectivity index (χ3v) is 5.83. The van der Waals surface area contributed by atoms with Gasteiger partial charge in [-0.2, -0.15) is 0 Å². The van der Waals surface area contributed by atoms with E-state index in [-0.39, 0.29) is 26.5 Å². The summed E-state index contributed by atoms with van der Waals surface area (Å²) in [6.45, 7) is 2.01. The summed E-state index contributed by atoms with van der Waals surface area (Å²) in [5, 5.41) is 3.11. The van der Waals surface area contributed by atoms with Crippen LogP contribution < -0.4 is 15.0 Å². The Bertz CT molecular complexity index is 1320. The van der Waals surface area contributed by atoms with Crippen molar-refractivity contribution < 1.29 is 19.1 Å². The van der Waals surface area contributed by atoms with Gasteiger partial charge in [-0.3, -0.25) is 9.59 Å². The van der Waals surface area contributed by atoms with Crippen LogP contribution in [0.2, 0.25) is 10.0 Å². The Balaban J connectivity index is 1.49. The van der Waals surface area contributed by atoms with Gasteiger partial charge in [-0.1, -0.05) is 53.9 Å². The van der Waals surface area contributed by atoms with E-state index in [2.05, 4.69) is 5.32 Å². The van der Waals surface area contributed by atoms with Crippen LogP contribution in [0.3, 0.4) is 0 Å². The SMILES string of the molecule is CCc1cccc(OC(=O)c2ccc(NC3=C(Cl)C(=O)N(c4cc(Cl)cc(Cl)c4)C3=O)cc2)c1. The smallest absolute Gasteiger partial charge is 0.343 e. The van der Waals surface area contributed by atoms with Crippen molar-refractivity contribution in [2.45, 2.75) is 13.3 Å². The molecule has 172 valence electrons. The van der Waals surface area contributed by atoms with Crippen molar-refractivity contribution in [2.24, 2.45) is 0 Å². The summed E-state index contributed by atoms with van der Waals surface area (Å²) < 4.78 is 5.43. The molecule has 6 nitrogen and oxygen atoms in total. The second-order valence-electron chi connectivity index (χ2n) is 7.36. The van der Waals surface area contributed by atoms with E-state index in [1.165, 1.54) is 18.2 Å². The second kappa shape index (κ2) is 9.89. The van der Waals surface area contributed by atoms with Gasteiger partial charge in [-0.15, -0.1) is 0 Å². The molecule has 1 heterocycles. The molecule has 1 aliphatic heterocycles. The number of imide groups is 1. The number of hydrogen-bond donors (Lipinski definition) is 1. The molecule has 9 heteroatoms. The van der Waals surface area contributed by atoms with Crippen molar-refractivity contribution in [3.63, 3.8) is 0 Å². The first kappa shape index (κ1) is 23.8. The Labute approximate surface area is 210 Å². The molecule has 0 bridgehead atoms. The highest BCUT2D eigenvalue weighted by Crippen LogP contribution is 2.33. The minimum absolute atomic E-state index is 0.102. The van der Waals surface area contributed by atoms with Gasteiger partial charge in [-0.25, -0.2) is 9.69 Å². The van der Waals surface area contributed by atoms with Crippen LogP contribution >= 0.6 is 34.8 Å². The maximum atomic E-state index is 12.9. The van der Waals surface area contributed by atoms with Gasteiger partial charge in [0.25, 0.3) is 11.8 Å². The molecule has 4 rings (SSSR count). The molecule has 0 radical (unpaired) electrons. The van der Waals surface area contributed by atoms with Crippen molar-refractivity contribution in [3.05, 3.63) is 98.6 Å². The number of amides is 2. The molecule has 0 atom stereocenters. The Kier molecular flexibility index (Phi) is 6.93. The highest BCUT2D eigenvalue weighted by Gasteiger charge is 2.39. The summed E-state index contributed by atoms with van der Waals surface area (Å²) in [5.74, 6) is -1.43.